The van der Waals surface area contributed by atoms with Crippen LogP contribution in [-0.4, -0.2) is 226 Å². The Labute approximate surface area is 823 Å². The van der Waals surface area contributed by atoms with Crippen LogP contribution < -0.4 is 4.74 Å². The fourth-order valence-corrected chi connectivity index (χ4v) is 18.8. The number of carbonyl (C=O) groups excluding carboxylic acids is 12. The van der Waals surface area contributed by atoms with Crippen molar-refractivity contribution < 1.29 is 110 Å². The number of rotatable bonds is 33. The smallest absolute Gasteiger partial charge is 0.329 e. The Morgan fingerprint density at radius 2 is 0.920 bits per heavy atom. The van der Waals surface area contributed by atoms with Crippen LogP contribution in [0.25, 0.3) is 0 Å². The lowest BCUT2D eigenvalue weighted by Gasteiger charge is -2.43. The number of aryl methyl sites for hydroxylation is 2. The zero-order chi connectivity index (χ0) is 103. The molecule has 138 heavy (non-hydrogen) atoms. The minimum atomic E-state index is -2.60. The maximum Gasteiger partial charge on any atom is 0.329 e. The van der Waals surface area contributed by atoms with Gasteiger partial charge in [-0.25, -0.2) is 19.2 Å². The van der Waals surface area contributed by atoms with Crippen LogP contribution in [0.3, 0.4) is 0 Å². The van der Waals surface area contributed by atoms with Crippen molar-refractivity contribution in [1.29, 1.82) is 0 Å². The summed E-state index contributed by atoms with van der Waals surface area (Å²) in [4.78, 5) is 163. The van der Waals surface area contributed by atoms with Crippen molar-refractivity contribution in [2.24, 2.45) is 58.2 Å². The molecule has 4 amide bonds. The Morgan fingerprint density at radius 1 is 0.500 bits per heavy atom. The number of aliphatic hydroxyl groups is 2. The summed E-state index contributed by atoms with van der Waals surface area (Å²) in [5.74, 6) is -10.8. The monoisotopic (exact) mass is 1930 g/mol. The summed E-state index contributed by atoms with van der Waals surface area (Å²) in [5, 5.41) is 22.7. The third-order valence-corrected chi connectivity index (χ3v) is 29.4. The third kappa shape index (κ3) is 31.2. The molecule has 0 saturated carbocycles. The second-order valence-electron chi connectivity index (χ2n) is 43.0. The van der Waals surface area contributed by atoms with Crippen LogP contribution >= 0.6 is 0 Å². The Kier molecular flexibility index (Phi) is 45.1. The van der Waals surface area contributed by atoms with Crippen molar-refractivity contribution in [3.8, 4) is 5.75 Å². The average Bonchev–Trinajstić information content (AvgIpc) is 1.16. The standard InChI is InChI=1S/C33H45NO5.2C31H49NO7.C16H27NO4/c1-8-33(5,6)30(35)31(36)34-19-10-9-14-27(34)32(37)39-28(26-13-11-12-25(21-26)22(2)3)18-17-24-16-15-23(4)29(20-24)38-7;1-19(2)25(16-14-23-13-11-21(5)27(18-23)37-7)38-30(35)24-10-8-9-17-32(24)29(34)28(33)31(36)22(6)12-15-26(39-31)20(3)4;1-19(2)25(16-14-23-13-11-21(5)27(18-23)37-7)38-29(34)24-10-8-9-17-32(24)30(35)31(36)28(33)22(6)12-15-26(39-31)20(3)4;1-6-16(4,5)13(18)14(19)17-10-8-7-9-12(17)15(20)21-11(2)3/h11-13,15-16,20-22,27-28H,8-10,14,17-19H2,1-7H3;2*14,16,18-22,24-27,36H,8-13,15,17H2,1-7H3;11-12H,6-10H2,1-5H3/b;2*16-14+;. The molecule has 8 aliphatic rings. The molecule has 17 atom stereocenters. The molecule has 6 heterocycles. The molecule has 17 unspecified atom stereocenters. The molecule has 6 saturated heterocycles. The number of amides is 4. The lowest BCUT2D eigenvalue weighted by molar-refractivity contribution is -0.269. The maximum atomic E-state index is 13.8. The van der Waals surface area contributed by atoms with E-state index in [9.17, 15) is 67.7 Å². The number of Topliss-reactive ketones (excluding diaryl/α,β-unsaturated/α-hetero) is 4. The summed E-state index contributed by atoms with van der Waals surface area (Å²) in [6.45, 7) is 45.6. The zero-order valence-electron chi connectivity index (χ0n) is 88.2. The van der Waals surface area contributed by atoms with Crippen LogP contribution in [0, 0.1) is 65.1 Å². The van der Waals surface area contributed by atoms with Crippen LogP contribution in [0.15, 0.2) is 90.1 Å². The lowest BCUT2D eigenvalue weighted by Crippen LogP contribution is -2.62. The second-order valence-corrected chi connectivity index (χ2v) is 43.0. The van der Waals surface area contributed by atoms with Crippen molar-refractivity contribution >= 4 is 70.6 Å². The van der Waals surface area contributed by atoms with E-state index >= 15 is 0 Å². The number of hydrogen-bond donors (Lipinski definition) is 2. The van der Waals surface area contributed by atoms with Gasteiger partial charge in [0, 0.05) is 63.1 Å². The second kappa shape index (κ2) is 53.5. The topological polar surface area (TPSA) is 341 Å². The van der Waals surface area contributed by atoms with Crippen LogP contribution in [0.4, 0.5) is 0 Å². The molecule has 0 radical (unpaired) electrons. The summed E-state index contributed by atoms with van der Waals surface area (Å²) < 4.78 is 51.7. The van der Waals surface area contributed by atoms with Crippen molar-refractivity contribution in [3.63, 3.8) is 0 Å². The first-order valence-corrected chi connectivity index (χ1v) is 51.6. The summed E-state index contributed by atoms with van der Waals surface area (Å²) in [6, 6.07) is 11.2. The predicted molar refractivity (Wildman–Crippen MR) is 531 cm³/mol. The first kappa shape index (κ1) is 116. The summed E-state index contributed by atoms with van der Waals surface area (Å²) in [7, 11) is 5.10. The molecule has 772 valence electrons. The number of hydrogen-bond acceptors (Lipinski definition) is 23. The molecule has 6 aliphatic heterocycles. The van der Waals surface area contributed by atoms with Gasteiger partial charge in [0.1, 0.15) is 48.2 Å². The SMILES string of the molecule is CCC(C)(C)C(=O)C(=O)N1CCCCC1C(=O)OC(C)C.CCC(C)(C)C(=O)C(=O)N1CCCCC1C(=O)OC(CCc1ccc(C)c(OC)c1)c1cccc(C(C)C)c1.COC1C=C(/C=C/C(OC(=O)C2CCCCN2C(=O)C(=O)C2(O)OC(C(C)C)CCC2C)C(C)C)CCC1C.COC1C=C(/C=C/C(OC(=O)C2CCCCN2C(=O)C2(O)OC(C(C)C)CCC(C)C2=O)C(C)C)CCC1C. The van der Waals surface area contributed by atoms with Gasteiger partial charge in [0.2, 0.25) is 23.1 Å². The summed E-state index contributed by atoms with van der Waals surface area (Å²) >= 11 is 0. The van der Waals surface area contributed by atoms with E-state index in [1.165, 1.54) is 25.2 Å². The minimum absolute atomic E-state index is 0.0166. The van der Waals surface area contributed by atoms with Crippen LogP contribution in [-0.2, 0) is 102 Å². The molecule has 27 heteroatoms. The Morgan fingerprint density at radius 3 is 1.35 bits per heavy atom. The number of nitrogens with zero attached hydrogens (tertiary/aromatic N) is 4. The Bertz CT molecular complexity index is 4550. The number of piperidine rings is 4. The van der Waals surface area contributed by atoms with E-state index in [0.29, 0.717) is 121 Å². The number of ketones is 4. The fourth-order valence-electron chi connectivity index (χ4n) is 18.8. The van der Waals surface area contributed by atoms with E-state index in [0.717, 1.165) is 97.8 Å². The maximum absolute atomic E-state index is 13.8. The highest BCUT2D eigenvalue weighted by Gasteiger charge is 2.57. The van der Waals surface area contributed by atoms with Gasteiger partial charge in [-0.1, -0.05) is 199 Å². The highest BCUT2D eigenvalue weighted by Crippen LogP contribution is 2.41. The van der Waals surface area contributed by atoms with Gasteiger partial charge in [0.15, 0.2) is 0 Å². The molecule has 27 nitrogen and oxygen atoms in total. The molecular formula is C111H170N4O23. The van der Waals surface area contributed by atoms with E-state index in [-0.39, 0.29) is 61.2 Å². The molecule has 2 aromatic rings. The number of ether oxygens (including phenoxy) is 9. The Hall–Kier alpha value is -8.60. The third-order valence-electron chi connectivity index (χ3n) is 29.4. The predicted octanol–water partition coefficient (Wildman–Crippen LogP) is 18.2. The van der Waals surface area contributed by atoms with Gasteiger partial charge in [-0.15, -0.1) is 0 Å². The Balaban J connectivity index is 0.000000256. The quantitative estimate of drug-likeness (QED) is 0.0290. The molecule has 2 N–H and O–H groups in total. The lowest BCUT2D eigenvalue weighted by atomic mass is 9.84. The molecule has 10 rings (SSSR count). The molecule has 2 aromatic carbocycles. The molecule has 0 aromatic heterocycles. The van der Waals surface area contributed by atoms with E-state index in [1.54, 1.807) is 76.7 Å². The van der Waals surface area contributed by atoms with Crippen LogP contribution in [0.1, 0.15) is 334 Å². The normalized spacial score (nSPS) is 26.3. The number of esters is 4. The number of methoxy groups -OCH3 is 3. The molecule has 0 spiro atoms. The van der Waals surface area contributed by atoms with Gasteiger partial charge in [0.25, 0.3) is 29.4 Å². The minimum Gasteiger partial charge on any atom is -0.496 e. The first-order valence-electron chi connectivity index (χ1n) is 51.6. The van der Waals surface area contributed by atoms with E-state index in [1.807, 2.05) is 125 Å². The van der Waals surface area contributed by atoms with Crippen LogP contribution in [0.2, 0.25) is 0 Å². The van der Waals surface area contributed by atoms with Crippen molar-refractivity contribution in [3.05, 3.63) is 112 Å². The number of benzene rings is 2. The van der Waals surface area contributed by atoms with Gasteiger partial charge in [-0.05, 0) is 268 Å². The number of carbonyl (C=O) groups is 12. The van der Waals surface area contributed by atoms with Gasteiger partial charge in [-0.2, -0.15) is 0 Å². The van der Waals surface area contributed by atoms with Gasteiger partial charge in [0.05, 0.1) is 37.6 Å². The van der Waals surface area contributed by atoms with E-state index < -0.39 is 153 Å². The molecule has 6 fully saturated rings. The van der Waals surface area contributed by atoms with Crippen molar-refractivity contribution in [1.82, 2.24) is 19.6 Å². The number of likely N-dealkylation sites (tertiary alicyclic amines) is 4. The first-order chi connectivity index (χ1) is 64.9. The van der Waals surface area contributed by atoms with Gasteiger partial charge >= 0.3 is 29.7 Å². The van der Waals surface area contributed by atoms with Gasteiger partial charge < -0.3 is 72.4 Å². The van der Waals surface area contributed by atoms with Crippen molar-refractivity contribution in [2.75, 3.05) is 47.5 Å². The van der Waals surface area contributed by atoms with Crippen molar-refractivity contribution in [2.45, 2.75) is 404 Å². The summed E-state index contributed by atoms with van der Waals surface area (Å²) in [5.41, 5.74) is 5.11. The average molecular weight is 1930 g/mol. The number of allylic oxidation sites excluding steroid dienone is 4. The molecule has 0 bridgehead atoms. The largest absolute Gasteiger partial charge is 0.496 e. The zero-order valence-corrected chi connectivity index (χ0v) is 88.2. The van der Waals surface area contributed by atoms with E-state index in [4.69, 9.17) is 42.6 Å². The summed E-state index contributed by atoms with van der Waals surface area (Å²) in [6.07, 6.45) is 26.5. The van der Waals surface area contributed by atoms with Crippen LogP contribution in [0.5, 0.6) is 5.75 Å². The highest BCUT2D eigenvalue weighted by molar-refractivity contribution is 6.39. The molecule has 2 aliphatic carbocycles. The molecular weight excluding hydrogens is 1760 g/mol. The van der Waals surface area contributed by atoms with E-state index in [2.05, 4.69) is 58.0 Å². The highest BCUT2D eigenvalue weighted by atomic mass is 16.7. The van der Waals surface area contributed by atoms with Gasteiger partial charge in [-0.3, -0.25) is 38.4 Å². The fraction of sp³-hybridized carbons (Fsp3) is 0.712.